The molecule has 20 heavy (non-hydrogen) atoms. The average Bonchev–Trinajstić information content (AvgIpc) is 2.40. The number of allylic oxidation sites excluding steroid dienone is 8. The van der Waals surface area contributed by atoms with Crippen LogP contribution in [0.25, 0.3) is 0 Å². The molecule has 0 radical (unpaired) electrons. The van der Waals surface area contributed by atoms with Gasteiger partial charge in [0.15, 0.2) is 0 Å². The van der Waals surface area contributed by atoms with Gasteiger partial charge in [-0.2, -0.15) is 0 Å². The smallest absolute Gasteiger partial charge is 0.0404 e. The summed E-state index contributed by atoms with van der Waals surface area (Å²) in [5.41, 5.74) is 4.07. The maximum atomic E-state index is 3.56. The lowest BCUT2D eigenvalue weighted by Gasteiger charge is -1.71. The maximum Gasteiger partial charge on any atom is -0.0404 e. The van der Waals surface area contributed by atoms with Crippen LogP contribution in [-0.2, 0) is 0 Å². The van der Waals surface area contributed by atoms with Crippen molar-refractivity contribution in [2.75, 3.05) is 0 Å². The first-order valence-corrected chi connectivity index (χ1v) is 6.20. The molecule has 0 amide bonds. The predicted octanol–water partition coefficient (Wildman–Crippen LogP) is 6.99. The fraction of sp³-hybridized carbons (Fsp3) is 0.200. The summed E-state index contributed by atoms with van der Waals surface area (Å²) < 4.78 is 0. The minimum absolute atomic E-state index is 1.02. The zero-order valence-electron chi connectivity index (χ0n) is 14.0. The molecule has 0 unspecified atom stereocenters. The summed E-state index contributed by atoms with van der Waals surface area (Å²) in [4.78, 5) is 0. The molecule has 0 heterocycles. The lowest BCUT2D eigenvalue weighted by atomic mass is 10.4. The predicted molar refractivity (Wildman–Crippen MR) is 100 cm³/mol. The SMILES string of the molecule is C=CC(=C)C.C=CC(=C)C.C=CC(=C)C.C=CC(=C)C. The van der Waals surface area contributed by atoms with Gasteiger partial charge < -0.3 is 0 Å². The molecule has 0 nitrogen and oxygen atoms in total. The maximum absolute atomic E-state index is 3.56. The summed E-state index contributed by atoms with van der Waals surface area (Å²) in [6.07, 6.45) is 6.89. The molecular weight excluding hydrogens is 240 g/mol. The van der Waals surface area contributed by atoms with Crippen molar-refractivity contribution in [3.05, 3.63) is 99.2 Å². The Morgan fingerprint density at radius 3 is 0.500 bits per heavy atom. The third kappa shape index (κ3) is 101. The molecule has 0 spiro atoms. The molecule has 0 saturated carbocycles. The topological polar surface area (TPSA) is 0 Å². The first kappa shape index (κ1) is 26.5. The Hall–Kier alpha value is -2.08. The summed E-state index contributed by atoms with van der Waals surface area (Å²) in [6.45, 7) is 35.7. The zero-order valence-corrected chi connectivity index (χ0v) is 14.0. The van der Waals surface area contributed by atoms with Crippen molar-refractivity contribution >= 4 is 0 Å². The van der Waals surface area contributed by atoms with Crippen molar-refractivity contribution in [2.24, 2.45) is 0 Å². The largest absolute Gasteiger partial charge is 0.0988 e. The molecule has 0 N–H and O–H groups in total. The summed E-state index contributed by atoms with van der Waals surface area (Å²) in [5.74, 6) is 0. The molecule has 0 saturated heterocycles. The van der Waals surface area contributed by atoms with Crippen LogP contribution in [0.1, 0.15) is 27.7 Å². The summed E-state index contributed by atoms with van der Waals surface area (Å²) in [5, 5.41) is 0. The van der Waals surface area contributed by atoms with Gasteiger partial charge in [-0.1, -0.05) is 99.2 Å². The molecule has 0 bridgehead atoms. The van der Waals surface area contributed by atoms with Crippen molar-refractivity contribution < 1.29 is 0 Å². The van der Waals surface area contributed by atoms with Crippen LogP contribution in [0.4, 0.5) is 0 Å². The highest BCUT2D eigenvalue weighted by atomic mass is 13.7. The van der Waals surface area contributed by atoms with E-state index >= 15 is 0 Å². The molecule has 0 fully saturated rings. The van der Waals surface area contributed by atoms with Gasteiger partial charge in [-0.05, 0) is 27.7 Å². The normalized spacial score (nSPS) is 6.60. The van der Waals surface area contributed by atoms with Gasteiger partial charge >= 0.3 is 0 Å². The lowest BCUT2D eigenvalue weighted by Crippen LogP contribution is -1.50. The van der Waals surface area contributed by atoms with E-state index in [9.17, 15) is 0 Å². The molecule has 0 rings (SSSR count). The van der Waals surface area contributed by atoms with Crippen molar-refractivity contribution in [2.45, 2.75) is 27.7 Å². The molecule has 0 aromatic carbocycles. The van der Waals surface area contributed by atoms with Gasteiger partial charge in [0.2, 0.25) is 0 Å². The molecule has 112 valence electrons. The highest BCUT2D eigenvalue weighted by Crippen LogP contribution is 1.82. The minimum atomic E-state index is 1.02. The Morgan fingerprint density at radius 2 is 0.500 bits per heavy atom. The van der Waals surface area contributed by atoms with Crippen molar-refractivity contribution in [1.29, 1.82) is 0 Å². The molecular formula is C20H32. The molecule has 0 aliphatic rings. The Kier molecular flexibility index (Phi) is 29.3. The van der Waals surface area contributed by atoms with Crippen LogP contribution < -0.4 is 0 Å². The van der Waals surface area contributed by atoms with E-state index in [0.717, 1.165) is 22.3 Å². The molecule has 0 heteroatoms. The van der Waals surface area contributed by atoms with Crippen LogP contribution >= 0.6 is 0 Å². The lowest BCUT2D eigenvalue weighted by molar-refractivity contribution is 1.58. The number of rotatable bonds is 4. The molecule has 0 aromatic heterocycles. The monoisotopic (exact) mass is 272 g/mol. The zero-order chi connectivity index (χ0) is 17.1. The Labute approximate surface area is 127 Å². The van der Waals surface area contributed by atoms with Crippen LogP contribution in [0, 0.1) is 0 Å². The third-order valence-electron chi connectivity index (χ3n) is 1.39. The Morgan fingerprint density at radius 1 is 0.450 bits per heavy atom. The van der Waals surface area contributed by atoms with Gasteiger partial charge in [0, 0.05) is 0 Å². The number of hydrogen-bond acceptors (Lipinski definition) is 0. The number of hydrogen-bond donors (Lipinski definition) is 0. The molecule has 0 atom stereocenters. The second-order valence-electron chi connectivity index (χ2n) is 4.20. The summed E-state index contributed by atoms with van der Waals surface area (Å²) in [6, 6.07) is 0. The van der Waals surface area contributed by atoms with E-state index in [2.05, 4.69) is 52.6 Å². The second-order valence-corrected chi connectivity index (χ2v) is 4.20. The molecule has 0 aromatic rings. The van der Waals surface area contributed by atoms with E-state index < -0.39 is 0 Å². The molecule has 0 aliphatic carbocycles. The van der Waals surface area contributed by atoms with E-state index in [1.165, 1.54) is 0 Å². The van der Waals surface area contributed by atoms with Gasteiger partial charge in [-0.25, -0.2) is 0 Å². The average molecular weight is 272 g/mol. The van der Waals surface area contributed by atoms with Crippen LogP contribution in [0.15, 0.2) is 99.2 Å². The standard InChI is InChI=1S/4C5H8/c4*1-4-5(2)3/h4*4H,1-2H2,3H3. The van der Waals surface area contributed by atoms with Gasteiger partial charge in [0.1, 0.15) is 0 Å². The van der Waals surface area contributed by atoms with Gasteiger partial charge in [0.25, 0.3) is 0 Å². The summed E-state index contributed by atoms with van der Waals surface area (Å²) >= 11 is 0. The Balaban J connectivity index is -0.0000000853. The fourth-order valence-electron chi connectivity index (χ4n) is 0. The highest BCUT2D eigenvalue weighted by molar-refractivity contribution is 5.07. The fourth-order valence-corrected chi connectivity index (χ4v) is 0. The van der Waals surface area contributed by atoms with E-state index in [-0.39, 0.29) is 0 Å². The van der Waals surface area contributed by atoms with Crippen LogP contribution in [0.3, 0.4) is 0 Å². The van der Waals surface area contributed by atoms with Crippen LogP contribution in [0.2, 0.25) is 0 Å². The van der Waals surface area contributed by atoms with E-state index in [1.54, 1.807) is 24.3 Å². The first-order chi connectivity index (χ1) is 9.08. The van der Waals surface area contributed by atoms with E-state index in [0.29, 0.717) is 0 Å². The quantitative estimate of drug-likeness (QED) is 0.483. The van der Waals surface area contributed by atoms with Crippen LogP contribution in [-0.4, -0.2) is 0 Å². The van der Waals surface area contributed by atoms with E-state index in [4.69, 9.17) is 0 Å². The van der Waals surface area contributed by atoms with Crippen molar-refractivity contribution in [3.63, 3.8) is 0 Å². The highest BCUT2D eigenvalue weighted by Gasteiger charge is 1.60. The summed E-state index contributed by atoms with van der Waals surface area (Å²) in [7, 11) is 0. The molecule has 0 aliphatic heterocycles. The first-order valence-electron chi connectivity index (χ1n) is 6.20. The second kappa shape index (κ2) is 22.1. The van der Waals surface area contributed by atoms with Gasteiger partial charge in [-0.3, -0.25) is 0 Å². The minimum Gasteiger partial charge on any atom is -0.0988 e. The Bertz CT molecular complexity index is 276. The van der Waals surface area contributed by atoms with Crippen molar-refractivity contribution in [3.8, 4) is 0 Å². The van der Waals surface area contributed by atoms with Gasteiger partial charge in [-0.15, -0.1) is 0 Å². The van der Waals surface area contributed by atoms with Crippen molar-refractivity contribution in [1.82, 2.24) is 0 Å². The van der Waals surface area contributed by atoms with Crippen LogP contribution in [0.5, 0.6) is 0 Å². The third-order valence-corrected chi connectivity index (χ3v) is 1.39. The van der Waals surface area contributed by atoms with E-state index in [1.807, 2.05) is 27.7 Å². The van der Waals surface area contributed by atoms with Gasteiger partial charge in [0.05, 0.1) is 0 Å².